The first-order valence-electron chi connectivity index (χ1n) is 6.24. The van der Waals surface area contributed by atoms with Gasteiger partial charge >= 0.3 is 5.97 Å². The number of thiophene rings is 1. The lowest BCUT2D eigenvalue weighted by molar-refractivity contribution is -0.145. The van der Waals surface area contributed by atoms with Crippen molar-refractivity contribution in [3.63, 3.8) is 0 Å². The molecule has 0 amide bonds. The normalized spacial score (nSPS) is 34.2. The number of rotatable bonds is 2. The van der Waals surface area contributed by atoms with E-state index in [0.717, 1.165) is 19.4 Å². The van der Waals surface area contributed by atoms with Gasteiger partial charge in [0.05, 0.1) is 0 Å². The number of ether oxygens (including phenoxy) is 1. The summed E-state index contributed by atoms with van der Waals surface area (Å²) in [5.41, 5.74) is 1.36. The van der Waals surface area contributed by atoms with Crippen LogP contribution < -0.4 is 0 Å². The van der Waals surface area contributed by atoms with Crippen LogP contribution >= 0.6 is 11.3 Å². The molecular weight excluding hydrogens is 234 g/mol. The number of esters is 1. The number of nitrogens with zero attached hydrogens (tertiary/aromatic N) is 1. The zero-order chi connectivity index (χ0) is 11.8. The molecule has 3 heterocycles. The van der Waals surface area contributed by atoms with Crippen LogP contribution in [0.1, 0.15) is 37.8 Å². The second kappa shape index (κ2) is 4.42. The summed E-state index contributed by atoms with van der Waals surface area (Å²) in [4.78, 5) is 14.2. The molecule has 2 fully saturated rings. The van der Waals surface area contributed by atoms with Gasteiger partial charge in [0, 0.05) is 12.5 Å². The average molecular weight is 251 g/mol. The van der Waals surface area contributed by atoms with Crippen molar-refractivity contribution in [1.29, 1.82) is 0 Å². The molecule has 1 aromatic rings. The minimum atomic E-state index is -0.0281. The number of hydrogen-bond donors (Lipinski definition) is 0. The summed E-state index contributed by atoms with van der Waals surface area (Å²) in [5, 5.41) is 4.31. The molecule has 0 aliphatic carbocycles. The minimum Gasteiger partial charge on any atom is -0.461 e. The van der Waals surface area contributed by atoms with Gasteiger partial charge < -0.3 is 4.74 Å². The van der Waals surface area contributed by atoms with Crippen LogP contribution in [0.4, 0.5) is 0 Å². The van der Waals surface area contributed by atoms with Crippen LogP contribution in [0.2, 0.25) is 0 Å². The summed E-state index contributed by atoms with van der Waals surface area (Å²) in [6.07, 6.45) is 3.27. The Morgan fingerprint density at radius 2 is 2.35 bits per heavy atom. The zero-order valence-corrected chi connectivity index (χ0v) is 10.8. The van der Waals surface area contributed by atoms with Crippen molar-refractivity contribution in [3.05, 3.63) is 22.4 Å². The van der Waals surface area contributed by atoms with Crippen molar-refractivity contribution in [1.82, 2.24) is 4.90 Å². The van der Waals surface area contributed by atoms with E-state index in [1.54, 1.807) is 11.3 Å². The Balaban J connectivity index is 1.80. The molecule has 4 heteroatoms. The molecule has 1 aromatic heterocycles. The summed E-state index contributed by atoms with van der Waals surface area (Å²) < 4.78 is 5.27. The minimum absolute atomic E-state index is 0.0163. The molecule has 0 N–H and O–H groups in total. The maximum absolute atomic E-state index is 11.8. The van der Waals surface area contributed by atoms with Crippen LogP contribution in [0.25, 0.3) is 0 Å². The zero-order valence-electron chi connectivity index (χ0n) is 9.96. The fraction of sp³-hybridized carbons (Fsp3) is 0.615. The van der Waals surface area contributed by atoms with E-state index in [0.29, 0.717) is 6.04 Å². The van der Waals surface area contributed by atoms with Crippen LogP contribution in [0, 0.1) is 0 Å². The predicted octanol–water partition coefficient (Wildman–Crippen LogP) is 2.59. The quantitative estimate of drug-likeness (QED) is 0.757. The molecule has 0 spiro atoms. The molecule has 2 aliphatic rings. The summed E-state index contributed by atoms with van der Waals surface area (Å²) in [5.74, 6) is -0.0281. The predicted molar refractivity (Wildman–Crippen MR) is 67.0 cm³/mol. The van der Waals surface area contributed by atoms with Gasteiger partial charge in [-0.25, -0.2) is 0 Å². The largest absolute Gasteiger partial charge is 0.461 e. The van der Waals surface area contributed by atoms with E-state index in [9.17, 15) is 4.79 Å². The van der Waals surface area contributed by atoms with E-state index in [-0.39, 0.29) is 18.1 Å². The highest BCUT2D eigenvalue weighted by atomic mass is 32.1. The van der Waals surface area contributed by atoms with Gasteiger partial charge in [-0.3, -0.25) is 9.69 Å². The Labute approximate surface area is 105 Å². The highest BCUT2D eigenvalue weighted by Gasteiger charge is 2.41. The smallest absolute Gasteiger partial charge is 0.323 e. The Hall–Kier alpha value is -0.870. The van der Waals surface area contributed by atoms with Crippen molar-refractivity contribution in [2.75, 3.05) is 6.54 Å². The molecule has 2 aliphatic heterocycles. The molecule has 0 radical (unpaired) electrons. The van der Waals surface area contributed by atoms with Gasteiger partial charge in [-0.15, -0.1) is 0 Å². The third kappa shape index (κ3) is 2.00. The molecule has 0 aromatic carbocycles. The fourth-order valence-corrected chi connectivity index (χ4v) is 3.70. The monoisotopic (exact) mass is 251 g/mol. The molecule has 3 nitrogen and oxygen atoms in total. The number of carbonyl (C=O) groups excluding carboxylic acids is 1. The Morgan fingerprint density at radius 1 is 1.47 bits per heavy atom. The van der Waals surface area contributed by atoms with Gasteiger partial charge in [-0.2, -0.15) is 11.3 Å². The van der Waals surface area contributed by atoms with E-state index < -0.39 is 0 Å². The van der Waals surface area contributed by atoms with E-state index in [1.165, 1.54) is 12.0 Å². The summed E-state index contributed by atoms with van der Waals surface area (Å²) >= 11 is 1.73. The Bertz CT molecular complexity index is 404. The molecule has 17 heavy (non-hydrogen) atoms. The van der Waals surface area contributed by atoms with Gasteiger partial charge in [0.2, 0.25) is 0 Å². The van der Waals surface area contributed by atoms with Gasteiger partial charge in [0.1, 0.15) is 12.1 Å². The maximum atomic E-state index is 11.8. The second-order valence-electron chi connectivity index (χ2n) is 4.95. The fourth-order valence-electron chi connectivity index (χ4n) is 2.99. The van der Waals surface area contributed by atoms with Crippen molar-refractivity contribution >= 4 is 17.3 Å². The van der Waals surface area contributed by atoms with E-state index in [4.69, 9.17) is 4.74 Å². The third-order valence-corrected chi connectivity index (χ3v) is 4.47. The first kappa shape index (κ1) is 11.2. The standard InChI is InChI=1S/C13H17NO2S/c1-9-7-12(13(15)16-9)14-5-2-3-11(14)10-4-6-17-8-10/h4,6,8-9,11-12H,2-3,5,7H2,1H3. The summed E-state index contributed by atoms with van der Waals surface area (Å²) in [6, 6.07) is 2.58. The molecule has 3 unspecified atom stereocenters. The van der Waals surface area contributed by atoms with E-state index in [1.807, 2.05) is 6.92 Å². The number of cyclic esters (lactones) is 1. The van der Waals surface area contributed by atoms with Crippen LogP contribution in [-0.2, 0) is 9.53 Å². The molecular formula is C13H17NO2S. The number of hydrogen-bond acceptors (Lipinski definition) is 4. The molecule has 0 bridgehead atoms. The van der Waals surface area contributed by atoms with Crippen LogP contribution in [0.5, 0.6) is 0 Å². The van der Waals surface area contributed by atoms with Gasteiger partial charge in [-0.1, -0.05) is 0 Å². The molecule has 0 saturated carbocycles. The summed E-state index contributed by atoms with van der Waals surface area (Å²) in [7, 11) is 0. The molecule has 3 rings (SSSR count). The molecule has 2 saturated heterocycles. The highest BCUT2D eigenvalue weighted by Crippen LogP contribution is 2.37. The van der Waals surface area contributed by atoms with E-state index >= 15 is 0 Å². The lowest BCUT2D eigenvalue weighted by atomic mass is 10.1. The Kier molecular flexibility index (Phi) is 2.92. The van der Waals surface area contributed by atoms with Gasteiger partial charge in [-0.05, 0) is 48.7 Å². The van der Waals surface area contributed by atoms with Gasteiger partial charge in [0.25, 0.3) is 0 Å². The van der Waals surface area contributed by atoms with Gasteiger partial charge in [0.15, 0.2) is 0 Å². The lowest BCUT2D eigenvalue weighted by Crippen LogP contribution is -2.37. The molecule has 3 atom stereocenters. The van der Waals surface area contributed by atoms with Crippen molar-refractivity contribution < 1.29 is 9.53 Å². The van der Waals surface area contributed by atoms with Crippen molar-refractivity contribution in [2.24, 2.45) is 0 Å². The maximum Gasteiger partial charge on any atom is 0.323 e. The van der Waals surface area contributed by atoms with Crippen LogP contribution in [0.15, 0.2) is 16.8 Å². The summed E-state index contributed by atoms with van der Waals surface area (Å²) in [6.45, 7) is 3.00. The molecule has 92 valence electrons. The number of likely N-dealkylation sites (tertiary alicyclic amines) is 1. The van der Waals surface area contributed by atoms with Crippen molar-refractivity contribution in [2.45, 2.75) is 44.4 Å². The van der Waals surface area contributed by atoms with Crippen molar-refractivity contribution in [3.8, 4) is 0 Å². The third-order valence-electron chi connectivity index (χ3n) is 3.77. The van der Waals surface area contributed by atoms with Crippen LogP contribution in [0.3, 0.4) is 0 Å². The number of carbonyl (C=O) groups is 1. The first-order valence-corrected chi connectivity index (χ1v) is 7.18. The Morgan fingerprint density at radius 3 is 3.00 bits per heavy atom. The van der Waals surface area contributed by atoms with Crippen LogP contribution in [-0.4, -0.2) is 29.6 Å². The van der Waals surface area contributed by atoms with E-state index in [2.05, 4.69) is 21.7 Å². The second-order valence-corrected chi connectivity index (χ2v) is 5.73. The SMILES string of the molecule is CC1CC(N2CCCC2c2ccsc2)C(=O)O1. The average Bonchev–Trinajstić information content (AvgIpc) is 2.97. The topological polar surface area (TPSA) is 29.5 Å². The lowest BCUT2D eigenvalue weighted by Gasteiger charge is -2.27. The highest BCUT2D eigenvalue weighted by molar-refractivity contribution is 7.07. The first-order chi connectivity index (χ1) is 8.25.